The fourth-order valence-electron chi connectivity index (χ4n) is 0.142. The van der Waals surface area contributed by atoms with Gasteiger partial charge in [0.05, 0.1) is 12.3 Å². The molecule has 0 saturated heterocycles. The molecule has 28 valence electrons. The van der Waals surface area contributed by atoms with Crippen LogP contribution in [0.25, 0.3) is 0 Å². The van der Waals surface area contributed by atoms with Gasteiger partial charge in [-0.15, -0.1) is 0 Å². The van der Waals surface area contributed by atoms with Crippen LogP contribution >= 0.6 is 0 Å². The van der Waals surface area contributed by atoms with Gasteiger partial charge in [-0.25, -0.2) is 0 Å². The minimum atomic E-state index is 0.167. The number of hydrogen-bond acceptors (Lipinski definition) is 2. The van der Waals surface area contributed by atoms with Crippen LogP contribution in [0.3, 0.4) is 0 Å². The predicted molar refractivity (Wildman–Crippen MR) is 18.3 cm³/mol. The Bertz CT molecular complexity index is 67.3. The average molecular weight is 71.1 g/mol. The highest BCUT2D eigenvalue weighted by Gasteiger charge is 1.99. The van der Waals surface area contributed by atoms with Gasteiger partial charge in [0.1, 0.15) is 0 Å². The molecule has 0 spiro atoms. The molecular formula is C3H5NO. The largest absolute Gasteiger partial charge is 0.390 e. The van der Waals surface area contributed by atoms with Crippen LogP contribution in [0.1, 0.15) is 0 Å². The molecule has 0 unspecified atom stereocenters. The lowest BCUT2D eigenvalue weighted by atomic mass is 10.7. The summed E-state index contributed by atoms with van der Waals surface area (Å²) in [5.41, 5.74) is 0.935. The zero-order valence-electron chi connectivity index (χ0n) is 2.73. The van der Waals surface area contributed by atoms with Gasteiger partial charge in [0.15, 0.2) is 0 Å². The molecule has 0 aromatic heterocycles. The fourth-order valence-corrected chi connectivity index (χ4v) is 0.142. The second kappa shape index (κ2) is 0.723. The third-order valence-corrected chi connectivity index (χ3v) is 0.519. The van der Waals surface area contributed by atoms with E-state index in [0.29, 0.717) is 0 Å². The molecule has 2 nitrogen and oxygen atoms in total. The molecule has 2 N–H and O–H groups in total. The molecule has 0 saturated carbocycles. The van der Waals surface area contributed by atoms with E-state index in [-0.39, 0.29) is 6.61 Å². The van der Waals surface area contributed by atoms with Crippen molar-refractivity contribution in [1.29, 1.82) is 0 Å². The van der Waals surface area contributed by atoms with Crippen LogP contribution in [-0.4, -0.2) is 11.7 Å². The van der Waals surface area contributed by atoms with E-state index in [1.165, 1.54) is 0 Å². The quantitative estimate of drug-likeness (QED) is 0.434. The van der Waals surface area contributed by atoms with E-state index in [4.69, 9.17) is 5.11 Å². The standard InChI is InChI=1S/C3H5NO/c5-2-3-1-4-3/h1,4-5H,2H2. The molecule has 1 aliphatic heterocycles. The maximum absolute atomic E-state index is 8.08. The van der Waals surface area contributed by atoms with Gasteiger partial charge in [-0.3, -0.25) is 0 Å². The van der Waals surface area contributed by atoms with Crippen LogP contribution in [0.5, 0.6) is 0 Å². The lowest BCUT2D eigenvalue weighted by molar-refractivity contribution is 0.334. The van der Waals surface area contributed by atoms with Gasteiger partial charge in [-0.1, -0.05) is 0 Å². The third kappa shape index (κ3) is 0.389. The average Bonchev–Trinajstić information content (AvgIpc) is 2.12. The summed E-state index contributed by atoms with van der Waals surface area (Å²) in [7, 11) is 0. The molecule has 0 aromatic carbocycles. The number of aliphatic hydroxyl groups is 1. The van der Waals surface area contributed by atoms with Gasteiger partial charge in [0, 0.05) is 6.20 Å². The van der Waals surface area contributed by atoms with Crippen molar-refractivity contribution in [1.82, 2.24) is 5.32 Å². The summed E-state index contributed by atoms with van der Waals surface area (Å²) in [4.78, 5) is 0. The molecule has 0 amide bonds. The zero-order valence-corrected chi connectivity index (χ0v) is 2.73. The highest BCUT2D eigenvalue weighted by Crippen LogP contribution is 1.95. The van der Waals surface area contributed by atoms with Crippen molar-refractivity contribution in [3.05, 3.63) is 11.9 Å². The van der Waals surface area contributed by atoms with Gasteiger partial charge in [0.25, 0.3) is 0 Å². The lowest BCUT2D eigenvalue weighted by Crippen LogP contribution is -1.82. The monoisotopic (exact) mass is 71.0 g/mol. The Morgan fingerprint density at radius 2 is 2.60 bits per heavy atom. The molecule has 0 aliphatic carbocycles. The van der Waals surface area contributed by atoms with E-state index >= 15 is 0 Å². The molecule has 0 aromatic rings. The molecule has 2 heteroatoms. The van der Waals surface area contributed by atoms with Crippen molar-refractivity contribution in [2.45, 2.75) is 0 Å². The summed E-state index contributed by atoms with van der Waals surface area (Å²) >= 11 is 0. The van der Waals surface area contributed by atoms with Crippen molar-refractivity contribution >= 4 is 0 Å². The van der Waals surface area contributed by atoms with Crippen LogP contribution < -0.4 is 5.32 Å². The molecule has 0 atom stereocenters. The molecule has 1 heterocycles. The number of aliphatic hydroxyl groups excluding tert-OH is 1. The smallest absolute Gasteiger partial charge is 0.0845 e. The summed E-state index contributed by atoms with van der Waals surface area (Å²) in [6, 6.07) is 0. The van der Waals surface area contributed by atoms with E-state index < -0.39 is 0 Å². The number of rotatable bonds is 1. The van der Waals surface area contributed by atoms with Crippen LogP contribution in [0.2, 0.25) is 0 Å². The molecule has 0 fully saturated rings. The van der Waals surface area contributed by atoms with Crippen molar-refractivity contribution in [2.75, 3.05) is 6.61 Å². The van der Waals surface area contributed by atoms with Crippen molar-refractivity contribution in [3.8, 4) is 0 Å². The maximum Gasteiger partial charge on any atom is 0.0845 e. The van der Waals surface area contributed by atoms with Gasteiger partial charge in [-0.2, -0.15) is 0 Å². The van der Waals surface area contributed by atoms with Crippen LogP contribution in [0.4, 0.5) is 0 Å². The Balaban J connectivity index is 2.22. The number of nitrogens with one attached hydrogen (secondary N) is 1. The third-order valence-electron chi connectivity index (χ3n) is 0.519. The molecule has 1 rings (SSSR count). The summed E-state index contributed by atoms with van der Waals surface area (Å²) in [5, 5.41) is 10.8. The highest BCUT2D eigenvalue weighted by atomic mass is 16.3. The minimum Gasteiger partial charge on any atom is -0.390 e. The second-order valence-corrected chi connectivity index (χ2v) is 0.972. The fraction of sp³-hybridized carbons (Fsp3) is 0.333. The molecular weight excluding hydrogens is 66.0 g/mol. The topological polar surface area (TPSA) is 42.2 Å². The SMILES string of the molecule is OCC1=CN1. The first kappa shape index (κ1) is 2.72. The van der Waals surface area contributed by atoms with E-state index in [1.54, 1.807) is 6.20 Å². The van der Waals surface area contributed by atoms with E-state index in [0.717, 1.165) is 5.70 Å². The minimum absolute atomic E-state index is 0.167. The highest BCUT2D eigenvalue weighted by molar-refractivity contribution is 5.15. The first-order chi connectivity index (χ1) is 2.43. The van der Waals surface area contributed by atoms with Gasteiger partial charge >= 0.3 is 0 Å². The Kier molecular flexibility index (Phi) is 0.394. The van der Waals surface area contributed by atoms with Crippen molar-refractivity contribution in [2.24, 2.45) is 0 Å². The first-order valence-electron chi connectivity index (χ1n) is 1.50. The van der Waals surface area contributed by atoms with Crippen LogP contribution in [0, 0.1) is 0 Å². The van der Waals surface area contributed by atoms with Crippen LogP contribution in [0.15, 0.2) is 11.9 Å². The molecule has 5 heavy (non-hydrogen) atoms. The molecule has 1 aliphatic rings. The van der Waals surface area contributed by atoms with Crippen LogP contribution in [-0.2, 0) is 0 Å². The Morgan fingerprint density at radius 3 is 2.60 bits per heavy atom. The van der Waals surface area contributed by atoms with E-state index in [1.807, 2.05) is 0 Å². The summed E-state index contributed by atoms with van der Waals surface area (Å²) in [5.74, 6) is 0. The maximum atomic E-state index is 8.08. The number of hydrogen-bond donors (Lipinski definition) is 2. The second-order valence-electron chi connectivity index (χ2n) is 0.972. The molecule has 0 bridgehead atoms. The van der Waals surface area contributed by atoms with Gasteiger partial charge in [-0.05, 0) is 0 Å². The Morgan fingerprint density at radius 1 is 2.00 bits per heavy atom. The van der Waals surface area contributed by atoms with Crippen molar-refractivity contribution in [3.63, 3.8) is 0 Å². The molecule has 0 radical (unpaired) electrons. The summed E-state index contributed by atoms with van der Waals surface area (Å²) in [6.45, 7) is 0.167. The first-order valence-corrected chi connectivity index (χ1v) is 1.50. The van der Waals surface area contributed by atoms with Gasteiger partial charge in [0.2, 0.25) is 0 Å². The Labute approximate surface area is 30.1 Å². The normalized spacial score (nSPS) is 16.6. The Hall–Kier alpha value is -0.500. The summed E-state index contributed by atoms with van der Waals surface area (Å²) < 4.78 is 0. The lowest BCUT2D eigenvalue weighted by Gasteiger charge is -1.69. The van der Waals surface area contributed by atoms with Crippen molar-refractivity contribution < 1.29 is 5.11 Å². The zero-order chi connectivity index (χ0) is 3.70. The summed E-state index contributed by atoms with van der Waals surface area (Å²) in [6.07, 6.45) is 1.76. The van der Waals surface area contributed by atoms with Gasteiger partial charge < -0.3 is 10.4 Å². The predicted octanol–water partition coefficient (Wildman–Crippen LogP) is -0.577. The van der Waals surface area contributed by atoms with E-state index in [2.05, 4.69) is 5.32 Å². The van der Waals surface area contributed by atoms with E-state index in [9.17, 15) is 0 Å².